The fourth-order valence-corrected chi connectivity index (χ4v) is 1.11. The van der Waals surface area contributed by atoms with Crippen molar-refractivity contribution in [1.82, 2.24) is 0 Å². The van der Waals surface area contributed by atoms with Gasteiger partial charge in [-0.1, -0.05) is 0 Å². The number of hydrogen-bond acceptors (Lipinski definition) is 3. The van der Waals surface area contributed by atoms with E-state index >= 15 is 0 Å². The maximum Gasteiger partial charge on any atom is 0.573 e. The molecule has 0 saturated heterocycles. The monoisotopic (exact) mass is 236 g/mol. The van der Waals surface area contributed by atoms with E-state index in [0.29, 0.717) is 12.4 Å². The van der Waals surface area contributed by atoms with Crippen LogP contribution in [-0.2, 0) is 0 Å². The zero-order chi connectivity index (χ0) is 12.2. The molecule has 1 aromatic rings. The number of alkyl halides is 3. The summed E-state index contributed by atoms with van der Waals surface area (Å²) < 4.78 is 49.7. The van der Waals surface area contributed by atoms with Gasteiger partial charge in [-0.05, 0) is 19.1 Å². The van der Waals surface area contributed by atoms with Crippen LogP contribution in [0.5, 0.6) is 17.2 Å². The standard InChI is InChI=1S/C10H11F3O3/c1-3-15-7-4-5-8(9(6-7)14-2)16-10(11,12)13/h4-6H,3H2,1-2H3. The zero-order valence-corrected chi connectivity index (χ0v) is 8.80. The first-order valence-corrected chi connectivity index (χ1v) is 4.53. The summed E-state index contributed by atoms with van der Waals surface area (Å²) in [5.41, 5.74) is 0. The number of ether oxygens (including phenoxy) is 3. The van der Waals surface area contributed by atoms with Crippen LogP contribution < -0.4 is 14.2 Å². The van der Waals surface area contributed by atoms with Gasteiger partial charge in [0.15, 0.2) is 11.5 Å². The zero-order valence-electron chi connectivity index (χ0n) is 8.80. The Bertz CT molecular complexity index is 350. The van der Waals surface area contributed by atoms with Gasteiger partial charge in [-0.15, -0.1) is 13.2 Å². The van der Waals surface area contributed by atoms with E-state index in [4.69, 9.17) is 9.47 Å². The molecule has 0 radical (unpaired) electrons. The molecule has 0 atom stereocenters. The van der Waals surface area contributed by atoms with E-state index in [1.54, 1.807) is 6.92 Å². The third kappa shape index (κ3) is 3.52. The molecule has 0 aliphatic carbocycles. The molecular formula is C10H11F3O3. The van der Waals surface area contributed by atoms with Crippen LogP contribution in [0, 0.1) is 0 Å². The minimum Gasteiger partial charge on any atom is -0.494 e. The Kier molecular flexibility index (Phi) is 3.87. The molecule has 3 nitrogen and oxygen atoms in total. The SMILES string of the molecule is CCOc1ccc(OC(F)(F)F)c(OC)c1. The summed E-state index contributed by atoms with van der Waals surface area (Å²) in [6, 6.07) is 3.87. The summed E-state index contributed by atoms with van der Waals surface area (Å²) in [6.07, 6.45) is -4.74. The normalized spacial score (nSPS) is 11.1. The molecule has 6 heteroatoms. The van der Waals surface area contributed by atoms with Gasteiger partial charge in [0.1, 0.15) is 5.75 Å². The fourth-order valence-electron chi connectivity index (χ4n) is 1.11. The number of hydrogen-bond donors (Lipinski definition) is 0. The number of methoxy groups -OCH3 is 1. The minimum atomic E-state index is -4.74. The van der Waals surface area contributed by atoms with Crippen LogP contribution in [-0.4, -0.2) is 20.1 Å². The lowest BCUT2D eigenvalue weighted by atomic mass is 10.3. The van der Waals surface area contributed by atoms with Crippen LogP contribution in [0.4, 0.5) is 13.2 Å². The minimum absolute atomic E-state index is 0.0247. The third-order valence-corrected chi connectivity index (χ3v) is 1.67. The molecular weight excluding hydrogens is 225 g/mol. The highest BCUT2D eigenvalue weighted by Crippen LogP contribution is 2.34. The summed E-state index contributed by atoms with van der Waals surface area (Å²) in [6.45, 7) is 2.19. The van der Waals surface area contributed by atoms with Gasteiger partial charge in [-0.3, -0.25) is 0 Å². The molecule has 0 bridgehead atoms. The molecule has 0 aliphatic heterocycles. The number of halogens is 3. The molecule has 90 valence electrons. The molecule has 1 aromatic carbocycles. The Morgan fingerprint density at radius 3 is 2.38 bits per heavy atom. The van der Waals surface area contributed by atoms with Crippen LogP contribution in [0.2, 0.25) is 0 Å². The lowest BCUT2D eigenvalue weighted by Gasteiger charge is -2.13. The van der Waals surface area contributed by atoms with E-state index in [2.05, 4.69) is 4.74 Å². The highest BCUT2D eigenvalue weighted by Gasteiger charge is 2.32. The van der Waals surface area contributed by atoms with Crippen LogP contribution in [0.15, 0.2) is 18.2 Å². The molecule has 0 spiro atoms. The molecule has 0 aliphatic rings. The summed E-state index contributed by atoms with van der Waals surface area (Å²) in [5.74, 6) is 0.00982. The quantitative estimate of drug-likeness (QED) is 0.804. The average molecular weight is 236 g/mol. The van der Waals surface area contributed by atoms with Crippen molar-refractivity contribution in [1.29, 1.82) is 0 Å². The van der Waals surface area contributed by atoms with Crippen molar-refractivity contribution in [3.8, 4) is 17.2 Å². The molecule has 0 fully saturated rings. The topological polar surface area (TPSA) is 27.7 Å². The lowest BCUT2D eigenvalue weighted by molar-refractivity contribution is -0.275. The summed E-state index contributed by atoms with van der Waals surface area (Å²) in [4.78, 5) is 0. The summed E-state index contributed by atoms with van der Waals surface area (Å²) in [7, 11) is 1.26. The van der Waals surface area contributed by atoms with Gasteiger partial charge in [0.25, 0.3) is 0 Å². The molecule has 0 aromatic heterocycles. The van der Waals surface area contributed by atoms with Crippen molar-refractivity contribution >= 4 is 0 Å². The van der Waals surface area contributed by atoms with Crippen LogP contribution >= 0.6 is 0 Å². The maximum atomic E-state index is 12.0. The second-order valence-electron chi connectivity index (χ2n) is 2.79. The smallest absolute Gasteiger partial charge is 0.494 e. The van der Waals surface area contributed by atoms with Crippen molar-refractivity contribution in [3.05, 3.63) is 18.2 Å². The predicted octanol–water partition coefficient (Wildman–Crippen LogP) is 2.99. The van der Waals surface area contributed by atoms with E-state index in [9.17, 15) is 13.2 Å². The molecule has 16 heavy (non-hydrogen) atoms. The molecule has 0 amide bonds. The predicted molar refractivity (Wildman–Crippen MR) is 50.8 cm³/mol. The first kappa shape index (κ1) is 12.5. The van der Waals surface area contributed by atoms with Gasteiger partial charge in [0, 0.05) is 6.07 Å². The van der Waals surface area contributed by atoms with Gasteiger partial charge in [0.05, 0.1) is 13.7 Å². The molecule has 0 unspecified atom stereocenters. The summed E-state index contributed by atoms with van der Waals surface area (Å²) >= 11 is 0. The Morgan fingerprint density at radius 1 is 1.19 bits per heavy atom. The van der Waals surface area contributed by atoms with E-state index in [1.165, 1.54) is 19.2 Å². The summed E-state index contributed by atoms with van der Waals surface area (Å²) in [5, 5.41) is 0. The van der Waals surface area contributed by atoms with E-state index in [-0.39, 0.29) is 5.75 Å². The lowest BCUT2D eigenvalue weighted by Crippen LogP contribution is -2.17. The largest absolute Gasteiger partial charge is 0.573 e. The Balaban J connectivity index is 2.93. The second kappa shape index (κ2) is 4.96. The van der Waals surface area contributed by atoms with Crippen molar-refractivity contribution in [2.45, 2.75) is 13.3 Å². The van der Waals surface area contributed by atoms with E-state index in [0.717, 1.165) is 6.07 Å². The molecule has 1 rings (SSSR count). The number of benzene rings is 1. The Labute approximate surface area is 90.7 Å². The van der Waals surface area contributed by atoms with Crippen molar-refractivity contribution in [2.75, 3.05) is 13.7 Å². The Morgan fingerprint density at radius 2 is 1.88 bits per heavy atom. The molecule has 0 N–H and O–H groups in total. The van der Waals surface area contributed by atoms with Crippen LogP contribution in [0.25, 0.3) is 0 Å². The van der Waals surface area contributed by atoms with Gasteiger partial charge < -0.3 is 14.2 Å². The number of rotatable bonds is 4. The van der Waals surface area contributed by atoms with Gasteiger partial charge in [-0.2, -0.15) is 0 Å². The third-order valence-electron chi connectivity index (χ3n) is 1.67. The average Bonchev–Trinajstić information content (AvgIpc) is 2.18. The first-order chi connectivity index (χ1) is 7.46. The maximum absolute atomic E-state index is 12.0. The van der Waals surface area contributed by atoms with Crippen molar-refractivity contribution in [3.63, 3.8) is 0 Å². The van der Waals surface area contributed by atoms with Crippen LogP contribution in [0.3, 0.4) is 0 Å². The van der Waals surface area contributed by atoms with Crippen LogP contribution in [0.1, 0.15) is 6.92 Å². The highest BCUT2D eigenvalue weighted by molar-refractivity contribution is 5.45. The van der Waals surface area contributed by atoms with E-state index in [1.807, 2.05) is 0 Å². The Hall–Kier alpha value is -1.59. The fraction of sp³-hybridized carbons (Fsp3) is 0.400. The van der Waals surface area contributed by atoms with Gasteiger partial charge >= 0.3 is 6.36 Å². The molecule has 0 heterocycles. The first-order valence-electron chi connectivity index (χ1n) is 4.53. The van der Waals surface area contributed by atoms with Crippen molar-refractivity contribution < 1.29 is 27.4 Å². The van der Waals surface area contributed by atoms with Crippen molar-refractivity contribution in [2.24, 2.45) is 0 Å². The highest BCUT2D eigenvalue weighted by atomic mass is 19.4. The van der Waals surface area contributed by atoms with Gasteiger partial charge in [0.2, 0.25) is 0 Å². The second-order valence-corrected chi connectivity index (χ2v) is 2.79. The molecule has 0 saturated carbocycles. The van der Waals surface area contributed by atoms with E-state index < -0.39 is 12.1 Å². The van der Waals surface area contributed by atoms with Gasteiger partial charge in [-0.25, -0.2) is 0 Å².